The zero-order valence-corrected chi connectivity index (χ0v) is 19.2. The van der Waals surface area contributed by atoms with Gasteiger partial charge in [0.2, 0.25) is 0 Å². The molecule has 1 saturated heterocycles. The second-order valence-corrected chi connectivity index (χ2v) is 8.43. The molecule has 34 heavy (non-hydrogen) atoms. The van der Waals surface area contributed by atoms with E-state index in [2.05, 4.69) is 19.9 Å². The fourth-order valence-electron chi connectivity index (χ4n) is 4.43. The minimum absolute atomic E-state index is 0.0211. The second kappa shape index (κ2) is 9.43. The molecule has 8 nitrogen and oxygen atoms in total. The van der Waals surface area contributed by atoms with E-state index in [0.717, 1.165) is 41.2 Å². The number of hydrogen-bond acceptors (Lipinski definition) is 6. The normalized spacial score (nSPS) is 15.5. The van der Waals surface area contributed by atoms with E-state index in [1.165, 1.54) is 0 Å². The van der Waals surface area contributed by atoms with E-state index in [0.29, 0.717) is 30.0 Å². The van der Waals surface area contributed by atoms with Crippen LogP contribution in [0.15, 0.2) is 61.2 Å². The van der Waals surface area contributed by atoms with Crippen molar-refractivity contribution in [2.75, 3.05) is 13.7 Å². The van der Waals surface area contributed by atoms with Crippen LogP contribution >= 0.6 is 0 Å². The number of methoxy groups -OCH3 is 1. The molecule has 0 spiro atoms. The Bertz CT molecular complexity index is 1320. The van der Waals surface area contributed by atoms with Crippen molar-refractivity contribution in [3.63, 3.8) is 0 Å². The van der Waals surface area contributed by atoms with Crippen LogP contribution in [0, 0.1) is 6.92 Å². The number of carbonyl (C=O) groups excluding carboxylic acids is 1. The van der Waals surface area contributed by atoms with E-state index >= 15 is 0 Å². The molecule has 1 amide bonds. The number of nitrogens with one attached hydrogen (secondary N) is 1. The number of carbonyl (C=O) groups is 1. The molecule has 1 N–H and O–H groups in total. The van der Waals surface area contributed by atoms with Crippen LogP contribution in [0.3, 0.4) is 0 Å². The number of amides is 1. The zero-order valence-electron chi connectivity index (χ0n) is 19.2. The molecular formula is C26H26N6O2. The maximum Gasteiger partial charge on any atom is 0.254 e. The van der Waals surface area contributed by atoms with Gasteiger partial charge in [-0.2, -0.15) is 0 Å². The molecule has 3 aromatic heterocycles. The Labute approximate surface area is 198 Å². The Morgan fingerprint density at radius 3 is 2.88 bits per heavy atom. The number of aromatic nitrogens is 5. The average molecular weight is 455 g/mol. The van der Waals surface area contributed by atoms with Gasteiger partial charge in [-0.1, -0.05) is 18.2 Å². The monoisotopic (exact) mass is 454 g/mol. The fourth-order valence-corrected chi connectivity index (χ4v) is 4.43. The van der Waals surface area contributed by atoms with Crippen molar-refractivity contribution >= 4 is 5.91 Å². The van der Waals surface area contributed by atoms with Gasteiger partial charge in [0.1, 0.15) is 11.4 Å². The lowest BCUT2D eigenvalue weighted by Gasteiger charge is -2.24. The molecule has 0 aliphatic carbocycles. The van der Waals surface area contributed by atoms with E-state index in [1.54, 1.807) is 38.0 Å². The highest BCUT2D eigenvalue weighted by atomic mass is 16.5. The van der Waals surface area contributed by atoms with Gasteiger partial charge in [0.05, 0.1) is 31.2 Å². The van der Waals surface area contributed by atoms with Crippen molar-refractivity contribution in [2.45, 2.75) is 32.2 Å². The molecule has 1 atom stereocenters. The molecular weight excluding hydrogens is 428 g/mol. The predicted molar refractivity (Wildman–Crippen MR) is 127 cm³/mol. The van der Waals surface area contributed by atoms with Gasteiger partial charge in [-0.05, 0) is 38.0 Å². The molecule has 1 fully saturated rings. The summed E-state index contributed by atoms with van der Waals surface area (Å²) in [7, 11) is 1.66. The number of ether oxygens (including phenoxy) is 1. The van der Waals surface area contributed by atoms with Crippen molar-refractivity contribution in [3.8, 4) is 17.3 Å². The Balaban J connectivity index is 1.38. The van der Waals surface area contributed by atoms with Gasteiger partial charge in [0.15, 0.2) is 5.82 Å². The molecule has 0 saturated carbocycles. The third kappa shape index (κ3) is 4.39. The van der Waals surface area contributed by atoms with Gasteiger partial charge in [-0.15, -0.1) is 0 Å². The SMILES string of the molecule is COc1ccccc1Cc1cc(C(=O)N2CCC[C@@H]2c2cncc(-c3ncc(C)[nH]3)n2)ccn1. The van der Waals surface area contributed by atoms with E-state index in [9.17, 15) is 4.79 Å². The first-order valence-corrected chi connectivity index (χ1v) is 11.3. The van der Waals surface area contributed by atoms with E-state index in [-0.39, 0.29) is 11.9 Å². The maximum absolute atomic E-state index is 13.5. The lowest BCUT2D eigenvalue weighted by molar-refractivity contribution is 0.0732. The standard InChI is InChI=1S/C26H26N6O2/c1-17-14-29-25(30-17)22-16-27-15-21(31-22)23-7-5-11-32(23)26(33)19-9-10-28-20(13-19)12-18-6-3-4-8-24(18)34-2/h3-4,6,8-10,13-16,23H,5,7,11-12H2,1-2H3,(H,29,30)/t23-/m1/s1. The highest BCUT2D eigenvalue weighted by Gasteiger charge is 2.32. The summed E-state index contributed by atoms with van der Waals surface area (Å²) in [5, 5.41) is 0. The van der Waals surface area contributed by atoms with Gasteiger partial charge in [0, 0.05) is 47.9 Å². The largest absolute Gasteiger partial charge is 0.496 e. The van der Waals surface area contributed by atoms with Crippen LogP contribution in [0.1, 0.15) is 51.9 Å². The summed E-state index contributed by atoms with van der Waals surface area (Å²) in [4.78, 5) is 36.6. The number of hydrogen-bond donors (Lipinski definition) is 1. The minimum Gasteiger partial charge on any atom is -0.496 e. The summed E-state index contributed by atoms with van der Waals surface area (Å²) in [6, 6.07) is 11.4. The van der Waals surface area contributed by atoms with Crippen LogP contribution in [0.2, 0.25) is 0 Å². The Kier molecular flexibility index (Phi) is 6.03. The number of nitrogens with zero attached hydrogens (tertiary/aromatic N) is 5. The van der Waals surface area contributed by atoms with Crippen LogP contribution in [0.4, 0.5) is 0 Å². The van der Waals surface area contributed by atoms with Crippen molar-refractivity contribution in [1.29, 1.82) is 0 Å². The molecule has 5 rings (SSSR count). The number of pyridine rings is 1. The Morgan fingerprint density at radius 1 is 1.18 bits per heavy atom. The van der Waals surface area contributed by atoms with Gasteiger partial charge in [-0.25, -0.2) is 9.97 Å². The molecule has 0 bridgehead atoms. The number of rotatable bonds is 6. The Hall–Kier alpha value is -4.07. The highest BCUT2D eigenvalue weighted by molar-refractivity contribution is 5.94. The van der Waals surface area contributed by atoms with Crippen molar-refractivity contribution in [1.82, 2.24) is 29.8 Å². The molecule has 8 heteroatoms. The number of aryl methyl sites for hydroxylation is 1. The van der Waals surface area contributed by atoms with E-state index < -0.39 is 0 Å². The minimum atomic E-state index is -0.123. The van der Waals surface area contributed by atoms with E-state index in [4.69, 9.17) is 9.72 Å². The number of aromatic amines is 1. The van der Waals surface area contributed by atoms with Gasteiger partial charge in [-0.3, -0.25) is 14.8 Å². The number of para-hydroxylation sites is 1. The van der Waals surface area contributed by atoms with Crippen LogP contribution in [0.5, 0.6) is 5.75 Å². The predicted octanol–water partition coefficient (Wildman–Crippen LogP) is 4.15. The van der Waals surface area contributed by atoms with Gasteiger partial charge < -0.3 is 14.6 Å². The van der Waals surface area contributed by atoms with Crippen LogP contribution in [-0.4, -0.2) is 49.4 Å². The quantitative estimate of drug-likeness (QED) is 0.470. The summed E-state index contributed by atoms with van der Waals surface area (Å²) in [5.41, 5.74) is 4.88. The summed E-state index contributed by atoms with van der Waals surface area (Å²) < 4.78 is 5.46. The van der Waals surface area contributed by atoms with Crippen LogP contribution in [0.25, 0.3) is 11.5 Å². The molecule has 172 valence electrons. The zero-order chi connectivity index (χ0) is 23.5. The molecule has 4 aromatic rings. The topological polar surface area (TPSA) is 96.9 Å². The third-order valence-corrected chi connectivity index (χ3v) is 6.08. The van der Waals surface area contributed by atoms with Crippen molar-refractivity contribution in [2.24, 2.45) is 0 Å². The van der Waals surface area contributed by atoms with E-state index in [1.807, 2.05) is 42.2 Å². The third-order valence-electron chi connectivity index (χ3n) is 6.08. The number of likely N-dealkylation sites (tertiary alicyclic amines) is 1. The summed E-state index contributed by atoms with van der Waals surface area (Å²) in [5.74, 6) is 1.47. The average Bonchev–Trinajstić information content (AvgIpc) is 3.54. The number of H-pyrrole nitrogens is 1. The first-order valence-electron chi connectivity index (χ1n) is 11.3. The van der Waals surface area contributed by atoms with Crippen LogP contribution in [-0.2, 0) is 6.42 Å². The lowest BCUT2D eigenvalue weighted by atomic mass is 10.1. The molecule has 1 aromatic carbocycles. The fraction of sp³-hybridized carbons (Fsp3) is 0.269. The van der Waals surface area contributed by atoms with Gasteiger partial charge >= 0.3 is 0 Å². The first-order chi connectivity index (χ1) is 16.6. The Morgan fingerprint density at radius 2 is 2.06 bits per heavy atom. The summed E-state index contributed by atoms with van der Waals surface area (Å²) in [6.07, 6.45) is 9.25. The van der Waals surface area contributed by atoms with Gasteiger partial charge in [0.25, 0.3) is 5.91 Å². The van der Waals surface area contributed by atoms with Crippen molar-refractivity contribution < 1.29 is 9.53 Å². The lowest BCUT2D eigenvalue weighted by Crippen LogP contribution is -2.31. The molecule has 1 aliphatic heterocycles. The molecule has 4 heterocycles. The first kappa shape index (κ1) is 21.8. The maximum atomic E-state index is 13.5. The molecule has 1 aliphatic rings. The molecule has 0 radical (unpaired) electrons. The smallest absolute Gasteiger partial charge is 0.254 e. The van der Waals surface area contributed by atoms with Crippen LogP contribution < -0.4 is 4.74 Å². The summed E-state index contributed by atoms with van der Waals surface area (Å²) in [6.45, 7) is 2.63. The van der Waals surface area contributed by atoms with Crippen molar-refractivity contribution in [3.05, 3.63) is 89.4 Å². The number of imidazole rings is 1. The number of benzene rings is 1. The second-order valence-electron chi connectivity index (χ2n) is 8.43. The highest BCUT2D eigenvalue weighted by Crippen LogP contribution is 2.33. The molecule has 0 unspecified atom stereocenters. The summed E-state index contributed by atoms with van der Waals surface area (Å²) >= 11 is 0.